The molecule has 1 N–H and O–H groups in total. The molecule has 3 aromatic rings. The van der Waals surface area contributed by atoms with Crippen LogP contribution in [-0.2, 0) is 16.0 Å². The van der Waals surface area contributed by atoms with Crippen LogP contribution in [0.1, 0.15) is 35.0 Å². The molecule has 0 radical (unpaired) electrons. The Hall–Kier alpha value is -3.58. The lowest BCUT2D eigenvalue weighted by Gasteiger charge is -2.28. The summed E-state index contributed by atoms with van der Waals surface area (Å²) in [5.41, 5.74) is 6.52. The molecule has 5 nitrogen and oxygen atoms in total. The molecule has 0 saturated carbocycles. The molecule has 7 heteroatoms. The second kappa shape index (κ2) is 8.75. The third kappa shape index (κ3) is 4.00. The van der Waals surface area contributed by atoms with Gasteiger partial charge in [0.05, 0.1) is 11.4 Å². The summed E-state index contributed by atoms with van der Waals surface area (Å²) in [6.07, 6.45) is 2.48. The third-order valence-corrected chi connectivity index (χ3v) is 6.17. The molecule has 168 valence electrons. The number of para-hydroxylation sites is 1. The fourth-order valence-corrected chi connectivity index (χ4v) is 4.52. The number of amides is 2. The van der Waals surface area contributed by atoms with E-state index in [9.17, 15) is 14.0 Å². The summed E-state index contributed by atoms with van der Waals surface area (Å²) in [4.78, 5) is 27.2. The predicted octanol–water partition coefficient (Wildman–Crippen LogP) is 4.94. The summed E-state index contributed by atoms with van der Waals surface area (Å²) in [7, 11) is 0. The van der Waals surface area contributed by atoms with E-state index >= 15 is 0 Å². The fourth-order valence-electron chi connectivity index (χ4n) is 4.24. The number of carbonyl (C=O) groups excluding carboxylic acids is 2. The maximum atomic E-state index is 13.4. The lowest BCUT2D eigenvalue weighted by molar-refractivity contribution is -0.122. The summed E-state index contributed by atoms with van der Waals surface area (Å²) < 4.78 is 15.5. The number of anilines is 1. The molecule has 0 spiro atoms. The summed E-state index contributed by atoms with van der Waals surface area (Å²) in [5.74, 6) is -1.53. The van der Waals surface area contributed by atoms with Crippen molar-refractivity contribution in [2.75, 3.05) is 4.90 Å². The Kier molecular flexibility index (Phi) is 5.99. The second-order valence-corrected chi connectivity index (χ2v) is 8.42. The molecular formula is C26H24FN3O2S. The molecule has 0 aliphatic carbocycles. The van der Waals surface area contributed by atoms with Crippen LogP contribution in [0.25, 0.3) is 11.8 Å². The van der Waals surface area contributed by atoms with Gasteiger partial charge in [0.1, 0.15) is 11.4 Å². The maximum Gasteiger partial charge on any atom is 0.270 e. The van der Waals surface area contributed by atoms with Crippen molar-refractivity contribution in [1.29, 1.82) is 0 Å². The van der Waals surface area contributed by atoms with E-state index in [1.807, 2.05) is 26.0 Å². The van der Waals surface area contributed by atoms with Gasteiger partial charge in [-0.3, -0.25) is 19.8 Å². The van der Waals surface area contributed by atoms with Crippen molar-refractivity contribution in [2.24, 2.45) is 0 Å². The average Bonchev–Trinajstić information content (AvgIpc) is 3.05. The zero-order valence-electron chi connectivity index (χ0n) is 18.9. The van der Waals surface area contributed by atoms with Gasteiger partial charge in [0.15, 0.2) is 5.11 Å². The number of thiocarbonyl (C=S) groups is 1. The van der Waals surface area contributed by atoms with E-state index in [4.69, 9.17) is 12.2 Å². The molecule has 0 unspecified atom stereocenters. The van der Waals surface area contributed by atoms with Crippen molar-refractivity contribution in [1.82, 2.24) is 9.88 Å². The molecule has 1 aromatic heterocycles. The Morgan fingerprint density at radius 1 is 1.06 bits per heavy atom. The van der Waals surface area contributed by atoms with Crippen LogP contribution in [-0.4, -0.2) is 21.5 Å². The second-order valence-electron chi connectivity index (χ2n) is 8.03. The number of hydrogen-bond donors (Lipinski definition) is 1. The average molecular weight is 462 g/mol. The maximum absolute atomic E-state index is 13.4. The van der Waals surface area contributed by atoms with E-state index in [-0.39, 0.29) is 10.7 Å². The monoisotopic (exact) mass is 461 g/mol. The standard InChI is InChI=1S/C26H24FN3O2S/c1-5-18-8-6-7-15(2)23(18)29-16(3)13-19(17(29)4)14-22-24(31)28-26(33)30(25(22)32)21-11-9-20(27)10-12-21/h6-14H,5H2,1-4H3,(H,28,31,33)/b22-14+. The Balaban J connectivity index is 1.80. The molecule has 4 rings (SSSR count). The number of halogens is 1. The van der Waals surface area contributed by atoms with Crippen molar-refractivity contribution < 1.29 is 14.0 Å². The number of nitrogens with one attached hydrogen (secondary N) is 1. The van der Waals surface area contributed by atoms with Crippen LogP contribution >= 0.6 is 12.2 Å². The zero-order valence-corrected chi connectivity index (χ0v) is 19.7. The minimum Gasteiger partial charge on any atom is -0.317 e. The molecular weight excluding hydrogens is 437 g/mol. The highest BCUT2D eigenvalue weighted by Crippen LogP contribution is 2.29. The van der Waals surface area contributed by atoms with Crippen molar-refractivity contribution in [3.63, 3.8) is 0 Å². The van der Waals surface area contributed by atoms with Gasteiger partial charge in [0, 0.05) is 11.4 Å². The number of benzene rings is 2. The Morgan fingerprint density at radius 3 is 2.42 bits per heavy atom. The summed E-state index contributed by atoms with van der Waals surface area (Å²) in [6, 6.07) is 13.6. The van der Waals surface area contributed by atoms with Gasteiger partial charge in [-0.2, -0.15) is 0 Å². The number of rotatable bonds is 4. The normalized spacial score (nSPS) is 15.4. The van der Waals surface area contributed by atoms with Gasteiger partial charge in [-0.15, -0.1) is 0 Å². The predicted molar refractivity (Wildman–Crippen MR) is 132 cm³/mol. The first kappa shape index (κ1) is 22.6. The topological polar surface area (TPSA) is 54.3 Å². The van der Waals surface area contributed by atoms with Gasteiger partial charge in [-0.1, -0.05) is 25.1 Å². The summed E-state index contributed by atoms with van der Waals surface area (Å²) >= 11 is 5.22. The third-order valence-electron chi connectivity index (χ3n) is 5.88. The van der Waals surface area contributed by atoms with Gasteiger partial charge in [-0.25, -0.2) is 4.39 Å². The molecule has 1 aliphatic heterocycles. The number of carbonyl (C=O) groups is 2. The first-order chi connectivity index (χ1) is 15.7. The lowest BCUT2D eigenvalue weighted by atomic mass is 10.0. The Bertz CT molecular complexity index is 1320. The molecule has 1 aliphatic rings. The first-order valence-electron chi connectivity index (χ1n) is 10.7. The van der Waals surface area contributed by atoms with Crippen molar-refractivity contribution >= 4 is 40.9 Å². The van der Waals surface area contributed by atoms with Gasteiger partial charge < -0.3 is 4.57 Å². The smallest absolute Gasteiger partial charge is 0.270 e. The van der Waals surface area contributed by atoms with Gasteiger partial charge in [-0.05, 0) is 92.5 Å². The summed E-state index contributed by atoms with van der Waals surface area (Å²) in [6.45, 7) is 8.17. The number of hydrogen-bond acceptors (Lipinski definition) is 3. The van der Waals surface area contributed by atoms with E-state index in [0.717, 1.165) is 34.6 Å². The lowest BCUT2D eigenvalue weighted by Crippen LogP contribution is -2.54. The van der Waals surface area contributed by atoms with E-state index in [0.29, 0.717) is 5.69 Å². The molecule has 2 aromatic carbocycles. The Labute approximate surface area is 197 Å². The number of nitrogens with zero attached hydrogens (tertiary/aromatic N) is 2. The number of aromatic nitrogens is 1. The highest BCUT2D eigenvalue weighted by molar-refractivity contribution is 7.80. The molecule has 0 bridgehead atoms. The van der Waals surface area contributed by atoms with Crippen molar-refractivity contribution in [2.45, 2.75) is 34.1 Å². The minimum atomic E-state index is -0.557. The van der Waals surface area contributed by atoms with Crippen LogP contribution in [0.4, 0.5) is 10.1 Å². The number of aryl methyl sites for hydroxylation is 3. The first-order valence-corrected chi connectivity index (χ1v) is 11.1. The van der Waals surface area contributed by atoms with Gasteiger partial charge in [0.2, 0.25) is 0 Å². The van der Waals surface area contributed by atoms with E-state index < -0.39 is 17.6 Å². The molecule has 33 heavy (non-hydrogen) atoms. The van der Waals surface area contributed by atoms with E-state index in [2.05, 4.69) is 35.9 Å². The van der Waals surface area contributed by atoms with Crippen LogP contribution in [0.5, 0.6) is 0 Å². The van der Waals surface area contributed by atoms with Crippen molar-refractivity contribution in [3.05, 3.63) is 88.0 Å². The molecule has 2 heterocycles. The summed E-state index contributed by atoms with van der Waals surface area (Å²) in [5, 5.41) is 2.54. The van der Waals surface area contributed by atoms with Crippen LogP contribution in [0, 0.1) is 26.6 Å². The van der Waals surface area contributed by atoms with Gasteiger partial charge >= 0.3 is 0 Å². The van der Waals surface area contributed by atoms with Crippen molar-refractivity contribution in [3.8, 4) is 5.69 Å². The molecule has 1 saturated heterocycles. The van der Waals surface area contributed by atoms with E-state index in [1.54, 1.807) is 6.08 Å². The molecule has 0 atom stereocenters. The van der Waals surface area contributed by atoms with Crippen LogP contribution < -0.4 is 10.2 Å². The molecule has 2 amide bonds. The fraction of sp³-hybridized carbons (Fsp3) is 0.192. The highest BCUT2D eigenvalue weighted by atomic mass is 32.1. The van der Waals surface area contributed by atoms with Crippen LogP contribution in [0.2, 0.25) is 0 Å². The van der Waals surface area contributed by atoms with E-state index in [1.165, 1.54) is 34.7 Å². The largest absolute Gasteiger partial charge is 0.317 e. The Morgan fingerprint density at radius 2 is 1.76 bits per heavy atom. The van der Waals surface area contributed by atoms with Crippen LogP contribution in [0.3, 0.4) is 0 Å². The minimum absolute atomic E-state index is 0.0336. The SMILES string of the molecule is CCc1cccc(C)c1-n1c(C)cc(/C=C2\C(=O)NC(=S)N(c3ccc(F)cc3)C2=O)c1C. The quantitative estimate of drug-likeness (QED) is 0.340. The molecule has 1 fully saturated rings. The van der Waals surface area contributed by atoms with Gasteiger partial charge in [0.25, 0.3) is 11.8 Å². The zero-order chi connectivity index (χ0) is 23.9. The highest BCUT2D eigenvalue weighted by Gasteiger charge is 2.34. The van der Waals surface area contributed by atoms with Crippen LogP contribution in [0.15, 0.2) is 54.1 Å².